The molecule has 8 heteroatoms. The zero-order valence-corrected chi connectivity index (χ0v) is 10.4. The molecule has 0 aliphatic heterocycles. The predicted molar refractivity (Wildman–Crippen MR) is 65.1 cm³/mol. The van der Waals surface area contributed by atoms with Crippen molar-refractivity contribution >= 4 is 11.7 Å². The van der Waals surface area contributed by atoms with Gasteiger partial charge < -0.3 is 15.2 Å². The summed E-state index contributed by atoms with van der Waals surface area (Å²) >= 11 is 1.07. The smallest absolute Gasteiger partial charge is 0.245 e. The lowest BCUT2D eigenvalue weighted by Gasteiger charge is -2.11. The van der Waals surface area contributed by atoms with E-state index in [2.05, 4.69) is 24.3 Å². The Balaban J connectivity index is 1.61. The van der Waals surface area contributed by atoms with Gasteiger partial charge in [-0.3, -0.25) is 0 Å². The number of nitrogens with zero attached hydrogens (tertiary/aromatic N) is 4. The fourth-order valence-electron chi connectivity index (χ4n) is 1.25. The van der Waals surface area contributed by atoms with Gasteiger partial charge in [-0.15, -0.1) is 4.37 Å². The molecule has 18 heavy (non-hydrogen) atoms. The van der Waals surface area contributed by atoms with Crippen molar-refractivity contribution in [2.75, 3.05) is 13.2 Å². The molecule has 0 spiro atoms. The summed E-state index contributed by atoms with van der Waals surface area (Å²) < 4.78 is 12.9. The molecule has 1 unspecified atom stereocenters. The van der Waals surface area contributed by atoms with Crippen LogP contribution in [0.2, 0.25) is 0 Å². The van der Waals surface area contributed by atoms with E-state index in [-0.39, 0.29) is 6.61 Å². The molecule has 2 aromatic heterocycles. The Kier molecular flexibility index (Phi) is 4.94. The molecule has 0 radical (unpaired) electrons. The van der Waals surface area contributed by atoms with Crippen LogP contribution in [0.5, 0.6) is 5.88 Å². The Morgan fingerprint density at radius 2 is 2.44 bits per heavy atom. The molecule has 0 aliphatic carbocycles. The van der Waals surface area contributed by atoms with E-state index in [1.807, 2.05) is 12.1 Å². The van der Waals surface area contributed by atoms with Crippen LogP contribution in [0.1, 0.15) is 5.69 Å². The lowest BCUT2D eigenvalue weighted by molar-refractivity contribution is 0.104. The second-order valence-corrected chi connectivity index (χ2v) is 4.11. The van der Waals surface area contributed by atoms with E-state index >= 15 is 0 Å². The van der Waals surface area contributed by atoms with Gasteiger partial charge in [-0.25, -0.2) is 0 Å². The Bertz CT molecular complexity index is 439. The third-order valence-corrected chi connectivity index (χ3v) is 2.54. The quantitative estimate of drug-likeness (QED) is 0.721. The van der Waals surface area contributed by atoms with E-state index in [4.69, 9.17) is 4.74 Å². The Hall–Kier alpha value is -1.64. The molecule has 2 aromatic rings. The van der Waals surface area contributed by atoms with E-state index in [0.29, 0.717) is 19.0 Å². The number of aromatic nitrogens is 4. The van der Waals surface area contributed by atoms with Gasteiger partial charge in [-0.1, -0.05) is 0 Å². The molecule has 0 aliphatic rings. The summed E-state index contributed by atoms with van der Waals surface area (Å²) in [5.41, 5.74) is 0.828. The topological polar surface area (TPSA) is 93.0 Å². The molecule has 0 amide bonds. The number of aliphatic hydroxyl groups is 1. The highest BCUT2D eigenvalue weighted by Gasteiger charge is 2.06. The van der Waals surface area contributed by atoms with Gasteiger partial charge in [-0.2, -0.15) is 14.6 Å². The van der Waals surface area contributed by atoms with Crippen molar-refractivity contribution in [1.82, 2.24) is 24.3 Å². The summed E-state index contributed by atoms with van der Waals surface area (Å²) in [6, 6.07) is 3.68. The van der Waals surface area contributed by atoms with Crippen molar-refractivity contribution in [3.8, 4) is 5.88 Å². The third-order valence-electron chi connectivity index (χ3n) is 2.08. The number of hydrogen-bond acceptors (Lipinski definition) is 8. The summed E-state index contributed by atoms with van der Waals surface area (Å²) in [6.45, 7) is 1.15. The average Bonchev–Trinajstić information content (AvgIpc) is 2.91. The minimum absolute atomic E-state index is 0.179. The first kappa shape index (κ1) is 12.8. The molecule has 0 bridgehead atoms. The first-order chi connectivity index (χ1) is 8.84. The maximum absolute atomic E-state index is 9.66. The highest BCUT2D eigenvalue weighted by Crippen LogP contribution is 2.05. The van der Waals surface area contributed by atoms with Crippen molar-refractivity contribution in [3.63, 3.8) is 0 Å². The van der Waals surface area contributed by atoms with Crippen molar-refractivity contribution in [2.45, 2.75) is 12.6 Å². The molecule has 0 saturated heterocycles. The first-order valence-corrected chi connectivity index (χ1v) is 6.13. The molecule has 2 N–H and O–H groups in total. The molecule has 0 fully saturated rings. The molecular weight excluding hydrogens is 254 g/mol. The molecule has 1 atom stereocenters. The van der Waals surface area contributed by atoms with E-state index in [9.17, 15) is 5.11 Å². The largest absolute Gasteiger partial charge is 0.473 e. The SMILES string of the molecule is OC(CNCc1cccnn1)COc1cnsn1. The molecule has 2 heterocycles. The second kappa shape index (κ2) is 6.94. The number of aliphatic hydroxyl groups excluding tert-OH is 1. The van der Waals surface area contributed by atoms with Crippen molar-refractivity contribution in [2.24, 2.45) is 0 Å². The van der Waals surface area contributed by atoms with Crippen LogP contribution in [-0.4, -0.2) is 43.3 Å². The zero-order chi connectivity index (χ0) is 12.6. The van der Waals surface area contributed by atoms with Crippen LogP contribution in [0, 0.1) is 0 Å². The van der Waals surface area contributed by atoms with Gasteiger partial charge >= 0.3 is 0 Å². The van der Waals surface area contributed by atoms with Crippen LogP contribution in [0.25, 0.3) is 0 Å². The molecule has 2 rings (SSSR count). The van der Waals surface area contributed by atoms with E-state index in [0.717, 1.165) is 17.4 Å². The Morgan fingerprint density at radius 3 is 3.17 bits per heavy atom. The summed E-state index contributed by atoms with van der Waals surface area (Å²) in [5, 5.41) is 20.4. The fourth-order valence-corrected chi connectivity index (χ4v) is 1.62. The maximum atomic E-state index is 9.66. The van der Waals surface area contributed by atoms with Gasteiger partial charge in [0.05, 0.1) is 17.4 Å². The zero-order valence-electron chi connectivity index (χ0n) is 9.56. The Morgan fingerprint density at radius 1 is 1.50 bits per heavy atom. The monoisotopic (exact) mass is 267 g/mol. The lowest BCUT2D eigenvalue weighted by atomic mass is 10.3. The Labute approximate surface area is 108 Å². The van der Waals surface area contributed by atoms with Crippen molar-refractivity contribution in [1.29, 1.82) is 0 Å². The highest BCUT2D eigenvalue weighted by atomic mass is 32.1. The normalized spacial score (nSPS) is 12.3. The predicted octanol–water partition coefficient (Wildman–Crippen LogP) is -0.142. The summed E-state index contributed by atoms with van der Waals surface area (Å²) in [6.07, 6.45) is 2.53. The van der Waals surface area contributed by atoms with Crippen LogP contribution in [0.3, 0.4) is 0 Å². The van der Waals surface area contributed by atoms with Gasteiger partial charge in [0.15, 0.2) is 0 Å². The molecular formula is C10H13N5O2S. The van der Waals surface area contributed by atoms with Gasteiger partial charge in [0.25, 0.3) is 0 Å². The molecule has 7 nitrogen and oxygen atoms in total. The van der Waals surface area contributed by atoms with Gasteiger partial charge in [0.2, 0.25) is 5.88 Å². The molecule has 0 saturated carbocycles. The van der Waals surface area contributed by atoms with Crippen LogP contribution in [0.15, 0.2) is 24.5 Å². The fraction of sp³-hybridized carbons (Fsp3) is 0.400. The number of rotatable bonds is 7. The van der Waals surface area contributed by atoms with Crippen LogP contribution in [0.4, 0.5) is 0 Å². The number of nitrogens with one attached hydrogen (secondary N) is 1. The van der Waals surface area contributed by atoms with Gasteiger partial charge in [-0.05, 0) is 12.1 Å². The maximum Gasteiger partial charge on any atom is 0.245 e. The molecule has 0 aromatic carbocycles. The average molecular weight is 267 g/mol. The van der Waals surface area contributed by atoms with Gasteiger partial charge in [0, 0.05) is 19.3 Å². The lowest BCUT2D eigenvalue weighted by Crippen LogP contribution is -2.31. The second-order valence-electron chi connectivity index (χ2n) is 3.56. The molecule has 96 valence electrons. The van der Waals surface area contributed by atoms with E-state index < -0.39 is 6.10 Å². The summed E-state index contributed by atoms with van der Waals surface area (Å²) in [4.78, 5) is 0. The standard InChI is InChI=1S/C10H13N5O2S/c16-9(7-17-10-6-13-18-15-10)5-11-4-8-2-1-3-12-14-8/h1-3,6,9,11,16H,4-5,7H2. The number of hydrogen-bond donors (Lipinski definition) is 2. The summed E-state index contributed by atoms with van der Waals surface area (Å²) in [7, 11) is 0. The van der Waals surface area contributed by atoms with E-state index in [1.165, 1.54) is 6.20 Å². The summed E-state index contributed by atoms with van der Waals surface area (Å²) in [5.74, 6) is 0.438. The minimum atomic E-state index is -0.608. The first-order valence-electron chi connectivity index (χ1n) is 5.40. The highest BCUT2D eigenvalue weighted by molar-refractivity contribution is 6.99. The van der Waals surface area contributed by atoms with Crippen LogP contribution in [-0.2, 0) is 6.54 Å². The minimum Gasteiger partial charge on any atom is -0.473 e. The third kappa shape index (κ3) is 4.32. The van der Waals surface area contributed by atoms with Crippen molar-refractivity contribution < 1.29 is 9.84 Å². The van der Waals surface area contributed by atoms with Crippen LogP contribution < -0.4 is 10.1 Å². The number of ether oxygens (including phenoxy) is 1. The van der Waals surface area contributed by atoms with E-state index in [1.54, 1.807) is 6.20 Å². The van der Waals surface area contributed by atoms with Crippen molar-refractivity contribution in [3.05, 3.63) is 30.2 Å². The van der Waals surface area contributed by atoms with Gasteiger partial charge in [0.1, 0.15) is 18.9 Å². The van der Waals surface area contributed by atoms with Crippen LogP contribution >= 0.6 is 11.7 Å².